The number of likely N-dealkylation sites (N-methyl/N-ethyl adjacent to an activating group) is 1. The van der Waals surface area contributed by atoms with Crippen molar-refractivity contribution in [3.05, 3.63) is 78.1 Å². The van der Waals surface area contributed by atoms with Gasteiger partial charge < -0.3 is 25.4 Å². The number of halogens is 1. The predicted octanol–water partition coefficient (Wildman–Crippen LogP) is 5.32. The number of rotatable bonds is 8. The number of aromatic amines is 1. The second-order valence-corrected chi connectivity index (χ2v) is 10.5. The van der Waals surface area contributed by atoms with Gasteiger partial charge in [-0.2, -0.15) is 0 Å². The molecule has 206 valence electrons. The zero-order chi connectivity index (χ0) is 28.1. The third-order valence-electron chi connectivity index (χ3n) is 6.81. The van der Waals surface area contributed by atoms with Crippen molar-refractivity contribution < 1.29 is 9.59 Å². The lowest BCUT2D eigenvalue weighted by atomic mass is 9.97. The summed E-state index contributed by atoms with van der Waals surface area (Å²) in [4.78, 5) is 41.7. The number of carbonyl (C=O) groups excluding carboxylic acids is 2. The minimum absolute atomic E-state index is 0.0551. The van der Waals surface area contributed by atoms with Crippen molar-refractivity contribution >= 4 is 51.6 Å². The molecule has 1 aliphatic heterocycles. The van der Waals surface area contributed by atoms with E-state index in [0.717, 1.165) is 35.0 Å². The standard InChI is InChI=1S/C30H32ClN7O2/c1-37(2)14-7-13-27(39)38-15-6-8-20(19-38)29(40)34-21-9-5-10-22(16-21)35-30-33-18-25(31)28(36-30)24-17-32-26-12-4-3-11-23(24)26/h3-5,7,9-13,16-18,20,32H,6,8,14-15,19H2,1-2H3,(H,34,40)(H,33,35,36)/t20-/m0/s1. The molecule has 0 radical (unpaired) electrons. The molecule has 1 fully saturated rings. The molecular formula is C30H32ClN7O2. The minimum atomic E-state index is -0.269. The second-order valence-electron chi connectivity index (χ2n) is 10.1. The van der Waals surface area contributed by atoms with Crippen LogP contribution in [0.25, 0.3) is 22.2 Å². The van der Waals surface area contributed by atoms with E-state index >= 15 is 0 Å². The van der Waals surface area contributed by atoms with Gasteiger partial charge in [-0.05, 0) is 51.2 Å². The number of anilines is 3. The van der Waals surface area contributed by atoms with Crippen LogP contribution in [0.15, 0.2) is 73.1 Å². The molecule has 40 heavy (non-hydrogen) atoms. The third kappa shape index (κ3) is 6.50. The molecule has 0 spiro atoms. The summed E-state index contributed by atoms with van der Waals surface area (Å²) in [6.07, 6.45) is 8.44. The number of H-pyrrole nitrogens is 1. The summed E-state index contributed by atoms with van der Waals surface area (Å²) < 4.78 is 0. The van der Waals surface area contributed by atoms with Gasteiger partial charge in [-0.25, -0.2) is 9.97 Å². The highest BCUT2D eigenvalue weighted by Crippen LogP contribution is 2.33. The maximum atomic E-state index is 13.1. The molecule has 5 rings (SSSR count). The number of nitrogens with zero attached hydrogens (tertiary/aromatic N) is 4. The van der Waals surface area contributed by atoms with E-state index in [0.29, 0.717) is 42.0 Å². The van der Waals surface area contributed by atoms with Gasteiger partial charge in [-0.15, -0.1) is 0 Å². The lowest BCUT2D eigenvalue weighted by Gasteiger charge is -2.31. The van der Waals surface area contributed by atoms with Crippen molar-refractivity contribution in [3.8, 4) is 11.3 Å². The van der Waals surface area contributed by atoms with Crippen molar-refractivity contribution in [3.63, 3.8) is 0 Å². The first-order chi connectivity index (χ1) is 19.4. The van der Waals surface area contributed by atoms with E-state index in [2.05, 4.69) is 25.6 Å². The molecule has 1 atom stereocenters. The number of benzene rings is 2. The molecule has 0 bridgehead atoms. The fraction of sp³-hybridized carbons (Fsp3) is 0.267. The number of aromatic nitrogens is 3. The normalized spacial score (nSPS) is 15.6. The Morgan fingerprint density at radius 1 is 1.18 bits per heavy atom. The zero-order valence-electron chi connectivity index (χ0n) is 22.5. The Hall–Kier alpha value is -4.21. The molecule has 4 aromatic rings. The number of fused-ring (bicyclic) bond motifs is 1. The van der Waals surface area contributed by atoms with Gasteiger partial charge in [-0.1, -0.05) is 41.9 Å². The van der Waals surface area contributed by atoms with Crippen LogP contribution in [-0.4, -0.2) is 70.3 Å². The van der Waals surface area contributed by atoms with E-state index < -0.39 is 0 Å². The number of hydrogen-bond donors (Lipinski definition) is 3. The lowest BCUT2D eigenvalue weighted by molar-refractivity contribution is -0.130. The van der Waals surface area contributed by atoms with Crippen LogP contribution in [0.5, 0.6) is 0 Å². The maximum Gasteiger partial charge on any atom is 0.246 e. The minimum Gasteiger partial charge on any atom is -0.360 e. The first kappa shape index (κ1) is 27.4. The van der Waals surface area contributed by atoms with Gasteiger partial charge in [0.05, 0.1) is 22.8 Å². The highest BCUT2D eigenvalue weighted by Gasteiger charge is 2.27. The van der Waals surface area contributed by atoms with Crippen LogP contribution in [0.1, 0.15) is 12.8 Å². The molecule has 10 heteroatoms. The van der Waals surface area contributed by atoms with Gasteiger partial charge >= 0.3 is 0 Å². The van der Waals surface area contributed by atoms with Gasteiger partial charge in [0.1, 0.15) is 0 Å². The van der Waals surface area contributed by atoms with Crippen LogP contribution in [0, 0.1) is 5.92 Å². The van der Waals surface area contributed by atoms with E-state index in [-0.39, 0.29) is 17.7 Å². The molecular weight excluding hydrogens is 526 g/mol. The molecule has 3 heterocycles. The Kier molecular flexibility index (Phi) is 8.42. The predicted molar refractivity (Wildman–Crippen MR) is 160 cm³/mol. The molecule has 2 aromatic heterocycles. The van der Waals surface area contributed by atoms with Crippen molar-refractivity contribution in [1.29, 1.82) is 0 Å². The number of carbonyl (C=O) groups is 2. The van der Waals surface area contributed by atoms with Crippen molar-refractivity contribution in [2.45, 2.75) is 12.8 Å². The number of likely N-dealkylation sites (tertiary alicyclic amines) is 1. The molecule has 9 nitrogen and oxygen atoms in total. The Morgan fingerprint density at radius 3 is 2.85 bits per heavy atom. The average molecular weight is 558 g/mol. The smallest absolute Gasteiger partial charge is 0.246 e. The van der Waals surface area contributed by atoms with Gasteiger partial charge in [0.15, 0.2) is 0 Å². The SMILES string of the molecule is CN(C)CC=CC(=O)N1CCC[C@H](C(=O)Nc2cccc(Nc3ncc(Cl)c(-c4c[nH]c5ccccc45)n3)c2)C1. The highest BCUT2D eigenvalue weighted by molar-refractivity contribution is 6.33. The van der Waals surface area contributed by atoms with Gasteiger partial charge in [0, 0.05) is 59.7 Å². The number of hydrogen-bond acceptors (Lipinski definition) is 6. The second kappa shape index (κ2) is 12.3. The molecule has 0 unspecified atom stereocenters. The summed E-state index contributed by atoms with van der Waals surface area (Å²) in [5.41, 5.74) is 3.87. The van der Waals surface area contributed by atoms with E-state index in [4.69, 9.17) is 11.6 Å². The topological polar surface area (TPSA) is 106 Å². The summed E-state index contributed by atoms with van der Waals surface area (Å²) in [7, 11) is 3.90. The molecule has 0 aliphatic carbocycles. The fourth-order valence-electron chi connectivity index (χ4n) is 4.79. The van der Waals surface area contributed by atoms with Gasteiger partial charge in [0.25, 0.3) is 0 Å². The summed E-state index contributed by atoms with van der Waals surface area (Å²) in [5.74, 6) is -0.0383. The summed E-state index contributed by atoms with van der Waals surface area (Å²) >= 11 is 6.47. The van der Waals surface area contributed by atoms with E-state index in [9.17, 15) is 9.59 Å². The van der Waals surface area contributed by atoms with Crippen molar-refractivity contribution in [2.75, 3.05) is 44.4 Å². The van der Waals surface area contributed by atoms with Gasteiger partial charge in [0.2, 0.25) is 17.8 Å². The molecule has 1 aliphatic rings. The average Bonchev–Trinajstić information content (AvgIpc) is 3.38. The summed E-state index contributed by atoms with van der Waals surface area (Å²) in [6.45, 7) is 1.76. The first-order valence-electron chi connectivity index (χ1n) is 13.2. The molecule has 2 aromatic carbocycles. The zero-order valence-corrected chi connectivity index (χ0v) is 23.3. The Bertz CT molecular complexity index is 1550. The lowest BCUT2D eigenvalue weighted by Crippen LogP contribution is -2.43. The van der Waals surface area contributed by atoms with E-state index in [1.807, 2.05) is 79.8 Å². The number of piperidine rings is 1. The van der Waals surface area contributed by atoms with Gasteiger partial charge in [-0.3, -0.25) is 9.59 Å². The monoisotopic (exact) mass is 557 g/mol. The molecule has 2 amide bonds. The third-order valence-corrected chi connectivity index (χ3v) is 7.09. The number of para-hydroxylation sites is 1. The van der Waals surface area contributed by atoms with E-state index in [1.165, 1.54) is 0 Å². The number of nitrogens with one attached hydrogen (secondary N) is 3. The Morgan fingerprint density at radius 2 is 2.00 bits per heavy atom. The number of amides is 2. The van der Waals surface area contributed by atoms with Crippen molar-refractivity contribution in [1.82, 2.24) is 24.8 Å². The fourth-order valence-corrected chi connectivity index (χ4v) is 4.99. The largest absolute Gasteiger partial charge is 0.360 e. The Balaban J connectivity index is 1.25. The van der Waals surface area contributed by atoms with Crippen LogP contribution in [0.4, 0.5) is 17.3 Å². The van der Waals surface area contributed by atoms with Crippen LogP contribution in [0.3, 0.4) is 0 Å². The molecule has 1 saturated heterocycles. The Labute approximate surface area is 238 Å². The van der Waals surface area contributed by atoms with Crippen LogP contribution >= 0.6 is 11.6 Å². The quantitative estimate of drug-likeness (QED) is 0.253. The summed E-state index contributed by atoms with van der Waals surface area (Å²) in [6, 6.07) is 15.3. The maximum absolute atomic E-state index is 13.1. The molecule has 3 N–H and O–H groups in total. The summed E-state index contributed by atoms with van der Waals surface area (Å²) in [5, 5.41) is 7.70. The van der Waals surface area contributed by atoms with Crippen molar-refractivity contribution in [2.24, 2.45) is 5.92 Å². The van der Waals surface area contributed by atoms with E-state index in [1.54, 1.807) is 17.2 Å². The first-order valence-corrected chi connectivity index (χ1v) is 13.6. The highest BCUT2D eigenvalue weighted by atomic mass is 35.5. The van der Waals surface area contributed by atoms with Crippen LogP contribution in [-0.2, 0) is 9.59 Å². The molecule has 0 saturated carbocycles. The van der Waals surface area contributed by atoms with Crippen LogP contribution < -0.4 is 10.6 Å². The van der Waals surface area contributed by atoms with Crippen LogP contribution in [0.2, 0.25) is 5.02 Å².